The minimum atomic E-state index is -1.16. The number of likely N-dealkylation sites (tertiary alicyclic amines) is 1. The van der Waals surface area contributed by atoms with E-state index in [1.54, 1.807) is 27.0 Å². The number of nitrogens with one attached hydrogen (secondary N) is 6. The first kappa shape index (κ1) is 49.1. The molecule has 4 aromatic rings. The van der Waals surface area contributed by atoms with E-state index in [-0.39, 0.29) is 39.1 Å². The van der Waals surface area contributed by atoms with Crippen molar-refractivity contribution in [3.05, 3.63) is 108 Å². The van der Waals surface area contributed by atoms with E-state index in [1.165, 1.54) is 18.7 Å². The average Bonchev–Trinajstić information content (AvgIpc) is 3.94. The summed E-state index contributed by atoms with van der Waals surface area (Å²) in [6, 6.07) is 20.5. The Labute approximate surface area is 379 Å². The summed E-state index contributed by atoms with van der Waals surface area (Å²) in [5.41, 5.74) is 2.36. The topological polar surface area (TPSA) is 226 Å². The highest BCUT2D eigenvalue weighted by Crippen LogP contribution is 2.22. The number of ether oxygens (including phenoxy) is 3. The minimum Gasteiger partial charge on any atom is -0.459 e. The van der Waals surface area contributed by atoms with Crippen molar-refractivity contribution in [1.82, 2.24) is 36.5 Å². The van der Waals surface area contributed by atoms with Crippen molar-refractivity contribution in [3.63, 3.8) is 0 Å². The zero-order chi connectivity index (χ0) is 46.9. The van der Waals surface area contributed by atoms with Gasteiger partial charge in [-0.25, -0.2) is 14.4 Å². The summed E-state index contributed by atoms with van der Waals surface area (Å²) in [7, 11) is 0. The van der Waals surface area contributed by atoms with Crippen molar-refractivity contribution in [2.75, 3.05) is 13.1 Å². The molecule has 1 aliphatic heterocycles. The van der Waals surface area contributed by atoms with Crippen LogP contribution in [0.2, 0.25) is 0 Å². The molecule has 1 fully saturated rings. The smallest absolute Gasteiger partial charge is 0.408 e. The number of rotatable bonds is 20. The van der Waals surface area contributed by atoms with Crippen LogP contribution in [0.15, 0.2) is 91.1 Å². The van der Waals surface area contributed by atoms with Crippen molar-refractivity contribution in [2.45, 2.75) is 122 Å². The number of aromatic nitrogens is 1. The largest absolute Gasteiger partial charge is 0.459 e. The van der Waals surface area contributed by atoms with Gasteiger partial charge < -0.3 is 50.7 Å². The van der Waals surface area contributed by atoms with Gasteiger partial charge in [-0.3, -0.25) is 19.2 Å². The van der Waals surface area contributed by atoms with Gasteiger partial charge in [0, 0.05) is 36.6 Å². The van der Waals surface area contributed by atoms with Crippen molar-refractivity contribution >= 4 is 52.7 Å². The number of hydrogen-bond donors (Lipinski definition) is 6. The third-order valence-corrected chi connectivity index (χ3v) is 10.6. The highest BCUT2D eigenvalue weighted by Gasteiger charge is 2.39. The molecule has 0 saturated carbocycles. The molecule has 0 bridgehead atoms. The van der Waals surface area contributed by atoms with Crippen molar-refractivity contribution < 1.29 is 47.8 Å². The molecule has 65 heavy (non-hydrogen) atoms. The fraction of sp³-hybridized carbons (Fsp3) is 0.438. The van der Waals surface area contributed by atoms with Crippen molar-refractivity contribution in [2.24, 2.45) is 0 Å². The van der Waals surface area contributed by atoms with E-state index in [2.05, 4.69) is 31.6 Å². The van der Waals surface area contributed by atoms with Crippen LogP contribution in [0.4, 0.5) is 9.59 Å². The number of unbranched alkanes of at least 4 members (excludes halogenated alkanes) is 1. The van der Waals surface area contributed by atoms with Crippen LogP contribution in [-0.2, 0) is 57.8 Å². The summed E-state index contributed by atoms with van der Waals surface area (Å²) in [6.07, 6.45) is 2.31. The molecule has 0 aliphatic carbocycles. The van der Waals surface area contributed by atoms with Crippen LogP contribution in [0, 0.1) is 0 Å². The summed E-state index contributed by atoms with van der Waals surface area (Å²) in [6.45, 7) is 8.70. The molecular weight excluding hydrogens is 835 g/mol. The fourth-order valence-electron chi connectivity index (χ4n) is 7.28. The number of H-pyrrole nitrogens is 1. The molecule has 0 spiro atoms. The third kappa shape index (κ3) is 15.4. The van der Waals surface area contributed by atoms with Crippen LogP contribution in [-0.4, -0.2) is 101 Å². The Bertz CT molecular complexity index is 2240. The minimum absolute atomic E-state index is 0.0187. The van der Waals surface area contributed by atoms with Crippen LogP contribution in [0.5, 0.6) is 0 Å². The molecule has 348 valence electrons. The maximum Gasteiger partial charge on any atom is 0.408 e. The lowest BCUT2D eigenvalue weighted by Crippen LogP contribution is -2.58. The number of alkyl carbamates (subject to hydrolysis) is 2. The van der Waals surface area contributed by atoms with Crippen LogP contribution in [0.1, 0.15) is 83.4 Å². The number of carbonyl (C=O) groups is 7. The quantitative estimate of drug-likeness (QED) is 0.0399. The summed E-state index contributed by atoms with van der Waals surface area (Å²) in [5, 5.41) is 14.3. The Balaban J connectivity index is 1.19. The van der Waals surface area contributed by atoms with Crippen molar-refractivity contribution in [1.29, 1.82) is 0 Å². The lowest BCUT2D eigenvalue weighted by Gasteiger charge is -2.30. The van der Waals surface area contributed by atoms with Crippen LogP contribution >= 0.6 is 0 Å². The third-order valence-electron chi connectivity index (χ3n) is 10.6. The molecule has 17 heteroatoms. The lowest BCUT2D eigenvalue weighted by atomic mass is 10.0. The number of aromatic amines is 1. The first-order chi connectivity index (χ1) is 31.1. The second kappa shape index (κ2) is 23.7. The molecule has 5 atom stereocenters. The zero-order valence-corrected chi connectivity index (χ0v) is 37.6. The van der Waals surface area contributed by atoms with E-state index in [4.69, 9.17) is 14.2 Å². The summed E-state index contributed by atoms with van der Waals surface area (Å²) in [5.74, 6) is -3.04. The van der Waals surface area contributed by atoms with Crippen LogP contribution < -0.4 is 26.6 Å². The second-order valence-corrected chi connectivity index (χ2v) is 17.1. The van der Waals surface area contributed by atoms with Gasteiger partial charge in [0.1, 0.15) is 49.0 Å². The molecule has 6 amide bonds. The van der Waals surface area contributed by atoms with Gasteiger partial charge in [-0.2, -0.15) is 0 Å². The predicted octanol–water partition coefficient (Wildman–Crippen LogP) is 4.93. The zero-order valence-electron chi connectivity index (χ0n) is 37.6. The fourth-order valence-corrected chi connectivity index (χ4v) is 7.28. The van der Waals surface area contributed by atoms with E-state index in [1.807, 2.05) is 84.9 Å². The maximum atomic E-state index is 14.1. The number of amides is 6. The van der Waals surface area contributed by atoms with E-state index in [9.17, 15) is 33.6 Å². The van der Waals surface area contributed by atoms with Crippen molar-refractivity contribution in [3.8, 4) is 0 Å². The van der Waals surface area contributed by atoms with E-state index in [0.717, 1.165) is 27.6 Å². The molecular formula is C48H61N7O10. The highest BCUT2D eigenvalue weighted by molar-refractivity contribution is 5.96. The Morgan fingerprint density at radius 3 is 2.05 bits per heavy atom. The first-order valence-corrected chi connectivity index (χ1v) is 22.0. The standard InChI is InChI=1S/C48H61N7O10/c1-31(41(56)53-39(27-35-28-50-37-22-13-12-21-36(35)37)42(57)52-32(2)45(60)63-29-33-17-8-6-9-18-33)51-43(58)40-24-16-26-55(40)44(59)38(54-47(62)65-48(3,4)5)23-14-15-25-49-46(61)64-30-34-19-10-7-11-20-34/h6-13,17-22,28,31-32,38-40,50H,14-16,23-27,29-30H2,1-5H3,(H,49,61)(H,51,58)(H,52,57)(H,53,56)(H,54,62)/t31-,32-,38+,39+,40+/m1/s1. The lowest BCUT2D eigenvalue weighted by molar-refractivity contribution is -0.148. The molecule has 6 N–H and O–H groups in total. The number of fused-ring (bicyclic) bond motifs is 1. The Morgan fingerprint density at radius 1 is 0.723 bits per heavy atom. The molecule has 2 heterocycles. The van der Waals surface area contributed by atoms with E-state index in [0.29, 0.717) is 25.7 Å². The Hall–Kier alpha value is -6.91. The molecule has 3 aromatic carbocycles. The van der Waals surface area contributed by atoms with Gasteiger partial charge in [0.15, 0.2) is 0 Å². The number of esters is 1. The maximum absolute atomic E-state index is 14.1. The average molecular weight is 896 g/mol. The normalized spacial score (nSPS) is 15.4. The monoisotopic (exact) mass is 895 g/mol. The van der Waals surface area contributed by atoms with Gasteiger partial charge in [0.2, 0.25) is 23.6 Å². The van der Waals surface area contributed by atoms with E-state index < -0.39 is 77.6 Å². The second-order valence-electron chi connectivity index (χ2n) is 17.1. The molecule has 1 saturated heterocycles. The summed E-state index contributed by atoms with van der Waals surface area (Å²) < 4.78 is 16.1. The summed E-state index contributed by atoms with van der Waals surface area (Å²) >= 11 is 0. The van der Waals surface area contributed by atoms with Gasteiger partial charge in [0.05, 0.1) is 0 Å². The van der Waals surface area contributed by atoms with Gasteiger partial charge in [-0.15, -0.1) is 0 Å². The molecule has 17 nitrogen and oxygen atoms in total. The molecule has 1 aromatic heterocycles. The van der Waals surface area contributed by atoms with Gasteiger partial charge in [-0.1, -0.05) is 78.9 Å². The number of hydrogen-bond acceptors (Lipinski definition) is 10. The molecule has 1 aliphatic rings. The predicted molar refractivity (Wildman–Crippen MR) is 242 cm³/mol. The number of para-hydroxylation sites is 1. The molecule has 5 rings (SSSR count). The van der Waals surface area contributed by atoms with Crippen LogP contribution in [0.25, 0.3) is 10.9 Å². The van der Waals surface area contributed by atoms with Crippen LogP contribution in [0.3, 0.4) is 0 Å². The van der Waals surface area contributed by atoms with Gasteiger partial charge in [0.25, 0.3) is 0 Å². The molecule has 0 radical (unpaired) electrons. The SMILES string of the molecule is C[C@@H](NC(=O)[C@@H]1CCCN1C(=O)[C@H](CCCCNC(=O)OCc1ccccc1)NC(=O)OC(C)(C)C)C(=O)N[C@@H](Cc1c[nH]c2ccccc12)C(=O)N[C@H](C)C(=O)OCc1ccccc1. The first-order valence-electron chi connectivity index (χ1n) is 22.0. The number of nitrogens with zero attached hydrogens (tertiary/aromatic N) is 1. The Morgan fingerprint density at radius 2 is 1.37 bits per heavy atom. The van der Waals surface area contributed by atoms with E-state index >= 15 is 0 Å². The summed E-state index contributed by atoms with van der Waals surface area (Å²) in [4.78, 5) is 98.1. The number of carbonyl (C=O) groups excluding carboxylic acids is 7. The number of benzene rings is 3. The van der Waals surface area contributed by atoms with Gasteiger partial charge >= 0.3 is 18.2 Å². The van der Waals surface area contributed by atoms with Gasteiger partial charge in [-0.05, 0) is 89.5 Å². The molecule has 0 unspecified atom stereocenters. The Kier molecular flexibility index (Phi) is 17.9. The highest BCUT2D eigenvalue weighted by atomic mass is 16.6.